The normalized spacial score (nSPS) is 10.5. The maximum atomic E-state index is 13.6. The lowest BCUT2D eigenvalue weighted by atomic mass is 10.1. The summed E-state index contributed by atoms with van der Waals surface area (Å²) in [7, 11) is 0. The average Bonchev–Trinajstić information content (AvgIpc) is 2.71. The number of nitrogens with zero attached hydrogens (tertiary/aromatic N) is 1. The molecule has 1 amide bonds. The Kier molecular flexibility index (Phi) is 6.68. The monoisotopic (exact) mass is 381 g/mol. The zero-order chi connectivity index (χ0) is 19.8. The van der Waals surface area contributed by atoms with Crippen molar-refractivity contribution in [3.05, 3.63) is 95.3 Å². The van der Waals surface area contributed by atoms with Gasteiger partial charge in [-0.05, 0) is 48.2 Å². The molecule has 0 radical (unpaired) electrons. The topological polar surface area (TPSA) is 54.0 Å². The summed E-state index contributed by atoms with van der Waals surface area (Å²) in [5, 5.41) is 5.99. The van der Waals surface area contributed by atoms with Crippen LogP contribution in [-0.2, 0) is 12.8 Å². The molecule has 4 nitrogen and oxygen atoms in total. The minimum absolute atomic E-state index is 0.225. The number of hydrogen-bond acceptors (Lipinski definition) is 3. The van der Waals surface area contributed by atoms with Crippen molar-refractivity contribution in [2.24, 2.45) is 0 Å². The van der Waals surface area contributed by atoms with E-state index < -0.39 is 0 Å². The van der Waals surface area contributed by atoms with E-state index in [1.165, 1.54) is 24.4 Å². The van der Waals surface area contributed by atoms with Crippen LogP contribution in [0.25, 0.3) is 0 Å². The molecule has 1 heterocycles. The standard InChI is InChI=1S/C22H21F2N3O/c23-19-7-5-16(6-8-19)9-11-27-22(28)18-13-20(15-25-14-18)26-12-10-17-3-1-2-4-21(17)24/h1-8,13-15,26H,9-12H2,(H,27,28). The largest absolute Gasteiger partial charge is 0.383 e. The number of benzene rings is 2. The highest BCUT2D eigenvalue weighted by atomic mass is 19.1. The highest BCUT2D eigenvalue weighted by molar-refractivity contribution is 5.94. The van der Waals surface area contributed by atoms with Gasteiger partial charge in [0.25, 0.3) is 5.91 Å². The van der Waals surface area contributed by atoms with Gasteiger partial charge in [-0.25, -0.2) is 8.78 Å². The summed E-state index contributed by atoms with van der Waals surface area (Å²) in [5.41, 5.74) is 2.72. The van der Waals surface area contributed by atoms with Crippen molar-refractivity contribution in [3.63, 3.8) is 0 Å². The van der Waals surface area contributed by atoms with Gasteiger partial charge in [-0.2, -0.15) is 0 Å². The summed E-state index contributed by atoms with van der Waals surface area (Å²) in [6, 6.07) is 14.6. The fraction of sp³-hybridized carbons (Fsp3) is 0.182. The number of aromatic nitrogens is 1. The second-order valence-corrected chi connectivity index (χ2v) is 6.36. The van der Waals surface area contributed by atoms with E-state index in [1.807, 2.05) is 0 Å². The molecule has 3 rings (SSSR count). The van der Waals surface area contributed by atoms with Crippen molar-refractivity contribution < 1.29 is 13.6 Å². The molecule has 0 spiro atoms. The Labute approximate surface area is 162 Å². The van der Waals surface area contributed by atoms with Crippen molar-refractivity contribution in [2.45, 2.75) is 12.8 Å². The van der Waals surface area contributed by atoms with Crippen LogP contribution in [0.4, 0.5) is 14.5 Å². The van der Waals surface area contributed by atoms with Gasteiger partial charge >= 0.3 is 0 Å². The van der Waals surface area contributed by atoms with Gasteiger partial charge in [-0.3, -0.25) is 9.78 Å². The molecule has 0 saturated heterocycles. The van der Waals surface area contributed by atoms with Crippen LogP contribution in [0.2, 0.25) is 0 Å². The van der Waals surface area contributed by atoms with Crippen LogP contribution < -0.4 is 10.6 Å². The van der Waals surface area contributed by atoms with E-state index >= 15 is 0 Å². The molecule has 0 saturated carbocycles. The van der Waals surface area contributed by atoms with Gasteiger partial charge in [0.2, 0.25) is 0 Å². The third-order valence-electron chi connectivity index (χ3n) is 4.29. The molecule has 0 bridgehead atoms. The highest BCUT2D eigenvalue weighted by Crippen LogP contribution is 2.11. The summed E-state index contributed by atoms with van der Waals surface area (Å²) in [6.07, 6.45) is 4.26. The second-order valence-electron chi connectivity index (χ2n) is 6.36. The lowest BCUT2D eigenvalue weighted by Crippen LogP contribution is -2.26. The van der Waals surface area contributed by atoms with Crippen molar-refractivity contribution >= 4 is 11.6 Å². The molecule has 6 heteroatoms. The second kappa shape index (κ2) is 9.60. The molecule has 0 aliphatic carbocycles. The first kappa shape index (κ1) is 19.5. The van der Waals surface area contributed by atoms with E-state index in [1.54, 1.807) is 42.6 Å². The van der Waals surface area contributed by atoms with Crippen LogP contribution in [0.5, 0.6) is 0 Å². The molecule has 3 aromatic rings. The summed E-state index contributed by atoms with van der Waals surface area (Å²) in [6.45, 7) is 0.966. The van der Waals surface area contributed by atoms with Crippen LogP contribution in [-0.4, -0.2) is 24.0 Å². The minimum Gasteiger partial charge on any atom is -0.383 e. The lowest BCUT2D eigenvalue weighted by Gasteiger charge is -2.09. The quantitative estimate of drug-likeness (QED) is 0.620. The molecule has 0 aliphatic heterocycles. The van der Waals surface area contributed by atoms with Crippen molar-refractivity contribution in [2.75, 3.05) is 18.4 Å². The predicted molar refractivity (Wildman–Crippen MR) is 105 cm³/mol. The smallest absolute Gasteiger partial charge is 0.252 e. The molecular formula is C22H21F2N3O. The van der Waals surface area contributed by atoms with Gasteiger partial charge in [0.15, 0.2) is 0 Å². The van der Waals surface area contributed by atoms with Gasteiger partial charge in [0, 0.05) is 25.5 Å². The van der Waals surface area contributed by atoms with Gasteiger partial charge in [0.1, 0.15) is 11.6 Å². The van der Waals surface area contributed by atoms with Gasteiger partial charge < -0.3 is 10.6 Å². The first-order chi connectivity index (χ1) is 13.6. The fourth-order valence-corrected chi connectivity index (χ4v) is 2.78. The van der Waals surface area contributed by atoms with Crippen LogP contribution in [0.3, 0.4) is 0 Å². The van der Waals surface area contributed by atoms with E-state index in [0.717, 1.165) is 5.56 Å². The average molecular weight is 381 g/mol. The zero-order valence-electron chi connectivity index (χ0n) is 15.3. The first-order valence-electron chi connectivity index (χ1n) is 9.07. The molecule has 28 heavy (non-hydrogen) atoms. The summed E-state index contributed by atoms with van der Waals surface area (Å²) in [4.78, 5) is 16.4. The Balaban J connectivity index is 1.48. The molecule has 144 valence electrons. The Morgan fingerprint density at radius 1 is 0.929 bits per heavy atom. The van der Waals surface area contributed by atoms with Crippen LogP contribution in [0.15, 0.2) is 67.0 Å². The molecule has 0 aliphatic rings. The van der Waals surface area contributed by atoms with E-state index in [0.29, 0.717) is 42.7 Å². The number of nitrogens with one attached hydrogen (secondary N) is 2. The Morgan fingerprint density at radius 2 is 1.71 bits per heavy atom. The number of pyridine rings is 1. The third-order valence-corrected chi connectivity index (χ3v) is 4.29. The number of rotatable bonds is 8. The van der Waals surface area contributed by atoms with E-state index in [2.05, 4.69) is 15.6 Å². The van der Waals surface area contributed by atoms with Gasteiger partial charge in [-0.1, -0.05) is 30.3 Å². The Morgan fingerprint density at radius 3 is 2.50 bits per heavy atom. The summed E-state index contributed by atoms with van der Waals surface area (Å²) < 4.78 is 26.5. The lowest BCUT2D eigenvalue weighted by molar-refractivity contribution is 0.0954. The SMILES string of the molecule is O=C(NCCc1ccc(F)cc1)c1cncc(NCCc2ccccc2F)c1. The van der Waals surface area contributed by atoms with E-state index in [4.69, 9.17) is 0 Å². The number of carbonyl (C=O) groups is 1. The van der Waals surface area contributed by atoms with Crippen molar-refractivity contribution in [1.29, 1.82) is 0 Å². The summed E-state index contributed by atoms with van der Waals surface area (Å²) >= 11 is 0. The highest BCUT2D eigenvalue weighted by Gasteiger charge is 2.07. The summed E-state index contributed by atoms with van der Waals surface area (Å²) in [5.74, 6) is -0.734. The van der Waals surface area contributed by atoms with Gasteiger partial charge in [-0.15, -0.1) is 0 Å². The number of carbonyl (C=O) groups excluding carboxylic acids is 1. The van der Waals surface area contributed by atoms with Crippen molar-refractivity contribution in [3.8, 4) is 0 Å². The predicted octanol–water partition coefficient (Wildman–Crippen LogP) is 3.99. The van der Waals surface area contributed by atoms with E-state index in [-0.39, 0.29) is 17.5 Å². The van der Waals surface area contributed by atoms with Gasteiger partial charge in [0.05, 0.1) is 11.3 Å². The number of anilines is 1. The Bertz CT molecular complexity index is 929. The van der Waals surface area contributed by atoms with E-state index in [9.17, 15) is 13.6 Å². The molecular weight excluding hydrogens is 360 g/mol. The first-order valence-corrected chi connectivity index (χ1v) is 9.07. The van der Waals surface area contributed by atoms with Crippen LogP contribution >= 0.6 is 0 Å². The fourth-order valence-electron chi connectivity index (χ4n) is 2.78. The van der Waals surface area contributed by atoms with Crippen LogP contribution in [0, 0.1) is 11.6 Å². The van der Waals surface area contributed by atoms with Crippen LogP contribution in [0.1, 0.15) is 21.5 Å². The number of amides is 1. The maximum absolute atomic E-state index is 13.6. The molecule has 1 aromatic heterocycles. The molecule has 0 unspecified atom stereocenters. The third kappa shape index (κ3) is 5.61. The maximum Gasteiger partial charge on any atom is 0.252 e. The molecule has 0 atom stereocenters. The zero-order valence-corrected chi connectivity index (χ0v) is 15.3. The minimum atomic E-state index is -0.279. The number of halogens is 2. The van der Waals surface area contributed by atoms with Crippen molar-refractivity contribution in [1.82, 2.24) is 10.3 Å². The molecule has 2 aromatic carbocycles. The molecule has 2 N–H and O–H groups in total. The number of hydrogen-bond donors (Lipinski definition) is 2. The Hall–Kier alpha value is -3.28. The molecule has 0 fully saturated rings.